The Balaban J connectivity index is 1.78. The number of carbonyl (C=O) groups excluding carboxylic acids is 1. The van der Waals surface area contributed by atoms with Gasteiger partial charge >= 0.3 is 6.18 Å². The van der Waals surface area contributed by atoms with Gasteiger partial charge in [-0.15, -0.1) is 6.58 Å². The van der Waals surface area contributed by atoms with Crippen molar-refractivity contribution >= 4 is 21.6 Å². The summed E-state index contributed by atoms with van der Waals surface area (Å²) in [5.74, 6) is 0.266. The monoisotopic (exact) mass is 456 g/mol. The summed E-state index contributed by atoms with van der Waals surface area (Å²) in [5.41, 5.74) is -0.753. The van der Waals surface area contributed by atoms with Gasteiger partial charge in [-0.3, -0.25) is 4.79 Å². The van der Waals surface area contributed by atoms with Gasteiger partial charge in [0, 0.05) is 18.3 Å². The van der Waals surface area contributed by atoms with E-state index < -0.39 is 39.1 Å². The van der Waals surface area contributed by atoms with E-state index >= 15 is 0 Å². The van der Waals surface area contributed by atoms with Crippen LogP contribution < -0.4 is 14.8 Å². The maximum absolute atomic E-state index is 13.0. The molecule has 0 spiro atoms. The minimum atomic E-state index is -4.70. The highest BCUT2D eigenvalue weighted by Crippen LogP contribution is 2.33. The van der Waals surface area contributed by atoms with Gasteiger partial charge in [-0.1, -0.05) is 12.1 Å². The summed E-state index contributed by atoms with van der Waals surface area (Å²) in [6.45, 7) is 3.32. The molecule has 166 valence electrons. The molecule has 7 nitrogen and oxygen atoms in total. The van der Waals surface area contributed by atoms with Gasteiger partial charge in [0.15, 0.2) is 11.5 Å². The molecule has 2 aromatic rings. The van der Waals surface area contributed by atoms with E-state index in [1.165, 1.54) is 12.1 Å². The molecule has 0 fully saturated rings. The van der Waals surface area contributed by atoms with E-state index in [1.807, 2.05) is 0 Å². The van der Waals surface area contributed by atoms with Crippen LogP contribution in [0.25, 0.3) is 0 Å². The number of halogens is 3. The molecule has 0 saturated carbocycles. The standard InChI is InChI=1S/C20H19F3N2O5S/c1-2-8-25(31(27,28)16-5-3-4-14(11-16)20(21,22)23)13-19(26)24-15-6-7-17-18(12-15)30-10-9-29-17/h2-7,11-12H,1,8-10,13H2,(H,24,26). The van der Waals surface area contributed by atoms with Gasteiger partial charge in [0.05, 0.1) is 17.0 Å². The first kappa shape index (κ1) is 22.6. The van der Waals surface area contributed by atoms with E-state index in [2.05, 4.69) is 11.9 Å². The third-order valence-corrected chi connectivity index (χ3v) is 6.09. The van der Waals surface area contributed by atoms with Crippen molar-refractivity contribution in [3.8, 4) is 11.5 Å². The first-order valence-electron chi connectivity index (χ1n) is 9.09. The lowest BCUT2D eigenvalue weighted by Gasteiger charge is -2.22. The fraction of sp³-hybridized carbons (Fsp3) is 0.250. The Morgan fingerprint density at radius 2 is 1.84 bits per heavy atom. The van der Waals surface area contributed by atoms with Crippen LogP contribution in [0.3, 0.4) is 0 Å². The van der Waals surface area contributed by atoms with Crippen molar-refractivity contribution in [1.82, 2.24) is 4.31 Å². The highest BCUT2D eigenvalue weighted by molar-refractivity contribution is 7.89. The van der Waals surface area contributed by atoms with E-state index in [-0.39, 0.29) is 6.54 Å². The minimum Gasteiger partial charge on any atom is -0.486 e. The van der Waals surface area contributed by atoms with Gasteiger partial charge in [-0.2, -0.15) is 17.5 Å². The number of benzene rings is 2. The maximum Gasteiger partial charge on any atom is 0.416 e. The molecule has 1 amide bonds. The lowest BCUT2D eigenvalue weighted by Crippen LogP contribution is -2.38. The van der Waals surface area contributed by atoms with E-state index in [1.54, 1.807) is 12.1 Å². The number of sulfonamides is 1. The molecule has 1 aliphatic rings. The van der Waals surface area contributed by atoms with E-state index in [0.29, 0.717) is 36.5 Å². The summed E-state index contributed by atoms with van der Waals surface area (Å²) in [6.07, 6.45) is -3.47. The molecule has 2 aromatic carbocycles. The van der Waals surface area contributed by atoms with Crippen molar-refractivity contribution in [3.05, 3.63) is 60.7 Å². The second-order valence-corrected chi connectivity index (χ2v) is 8.46. The van der Waals surface area contributed by atoms with Gasteiger partial charge in [-0.25, -0.2) is 8.42 Å². The summed E-state index contributed by atoms with van der Waals surface area (Å²) >= 11 is 0. The molecule has 0 aliphatic carbocycles. The van der Waals surface area contributed by atoms with Crippen LogP contribution in [0.4, 0.5) is 18.9 Å². The van der Waals surface area contributed by atoms with Gasteiger partial charge < -0.3 is 14.8 Å². The second-order valence-electron chi connectivity index (χ2n) is 6.52. The van der Waals surface area contributed by atoms with Crippen LogP contribution in [0.5, 0.6) is 11.5 Å². The predicted molar refractivity (Wildman–Crippen MR) is 106 cm³/mol. The average Bonchev–Trinajstić information content (AvgIpc) is 2.73. The third-order valence-electron chi connectivity index (χ3n) is 4.28. The van der Waals surface area contributed by atoms with E-state index in [4.69, 9.17) is 9.47 Å². The molecule has 11 heteroatoms. The Morgan fingerprint density at radius 3 is 2.52 bits per heavy atom. The molecule has 3 rings (SSSR count). The Morgan fingerprint density at radius 1 is 1.13 bits per heavy atom. The number of nitrogens with one attached hydrogen (secondary N) is 1. The molecule has 31 heavy (non-hydrogen) atoms. The fourth-order valence-corrected chi connectivity index (χ4v) is 4.27. The first-order chi connectivity index (χ1) is 14.6. The van der Waals surface area contributed by atoms with Crippen LogP contribution in [0, 0.1) is 0 Å². The van der Waals surface area contributed by atoms with Crippen molar-refractivity contribution in [1.29, 1.82) is 0 Å². The van der Waals surface area contributed by atoms with Crippen molar-refractivity contribution in [2.45, 2.75) is 11.1 Å². The highest BCUT2D eigenvalue weighted by atomic mass is 32.2. The number of fused-ring (bicyclic) bond motifs is 1. The van der Waals surface area contributed by atoms with Crippen LogP contribution in [0.1, 0.15) is 5.56 Å². The first-order valence-corrected chi connectivity index (χ1v) is 10.5. The molecule has 0 aromatic heterocycles. The van der Waals surface area contributed by atoms with Crippen LogP contribution >= 0.6 is 0 Å². The summed E-state index contributed by atoms with van der Waals surface area (Å²) in [4.78, 5) is 11.9. The van der Waals surface area contributed by atoms with E-state index in [9.17, 15) is 26.4 Å². The SMILES string of the molecule is C=CCN(CC(=O)Nc1ccc2c(c1)OCCO2)S(=O)(=O)c1cccc(C(F)(F)F)c1. The number of amides is 1. The Labute approximate surface area is 177 Å². The van der Waals surface area contributed by atoms with Crippen molar-refractivity contribution in [2.75, 3.05) is 31.6 Å². The third kappa shape index (κ3) is 5.36. The maximum atomic E-state index is 13.0. The Kier molecular flexibility index (Phi) is 6.56. The smallest absolute Gasteiger partial charge is 0.416 e. The fourth-order valence-electron chi connectivity index (χ4n) is 2.86. The topological polar surface area (TPSA) is 84.9 Å². The molecule has 0 atom stereocenters. The molecule has 0 saturated heterocycles. The normalized spacial score (nSPS) is 13.7. The zero-order valence-electron chi connectivity index (χ0n) is 16.2. The largest absolute Gasteiger partial charge is 0.486 e. The van der Waals surface area contributed by atoms with Gasteiger partial charge in [0.1, 0.15) is 13.2 Å². The molecule has 0 radical (unpaired) electrons. The predicted octanol–water partition coefficient (Wildman–Crippen LogP) is 3.29. The molecule has 1 heterocycles. The second kappa shape index (κ2) is 8.98. The zero-order valence-corrected chi connectivity index (χ0v) is 17.0. The highest BCUT2D eigenvalue weighted by Gasteiger charge is 2.33. The Hall–Kier alpha value is -3.05. The van der Waals surface area contributed by atoms with Crippen LogP contribution in [0.2, 0.25) is 0 Å². The molecule has 1 aliphatic heterocycles. The molecular weight excluding hydrogens is 437 g/mol. The van der Waals surface area contributed by atoms with Gasteiger partial charge in [0.2, 0.25) is 15.9 Å². The zero-order chi connectivity index (χ0) is 22.6. The van der Waals surface area contributed by atoms with Crippen LogP contribution in [-0.4, -0.2) is 44.9 Å². The lowest BCUT2D eigenvalue weighted by molar-refractivity contribution is -0.137. The number of hydrogen-bond donors (Lipinski definition) is 1. The molecule has 0 bridgehead atoms. The Bertz CT molecular complexity index is 1090. The van der Waals surface area contributed by atoms with Gasteiger partial charge in [0.25, 0.3) is 0 Å². The summed E-state index contributed by atoms with van der Waals surface area (Å²) in [5, 5.41) is 2.55. The summed E-state index contributed by atoms with van der Waals surface area (Å²) in [6, 6.07) is 8.03. The quantitative estimate of drug-likeness (QED) is 0.647. The van der Waals surface area contributed by atoms with E-state index in [0.717, 1.165) is 22.5 Å². The number of hydrogen-bond acceptors (Lipinski definition) is 5. The number of ether oxygens (including phenoxy) is 2. The molecule has 0 unspecified atom stereocenters. The average molecular weight is 456 g/mol. The summed E-state index contributed by atoms with van der Waals surface area (Å²) in [7, 11) is -4.39. The van der Waals surface area contributed by atoms with Crippen LogP contribution in [0.15, 0.2) is 60.0 Å². The summed E-state index contributed by atoms with van der Waals surface area (Å²) < 4.78 is 76.2. The molecule has 1 N–H and O–H groups in total. The van der Waals surface area contributed by atoms with Crippen molar-refractivity contribution in [2.24, 2.45) is 0 Å². The number of nitrogens with zero attached hydrogens (tertiary/aromatic N) is 1. The van der Waals surface area contributed by atoms with Gasteiger partial charge in [-0.05, 0) is 30.3 Å². The number of rotatable bonds is 7. The molecular formula is C20H19F3N2O5S. The minimum absolute atomic E-state index is 0.271. The van der Waals surface area contributed by atoms with Crippen molar-refractivity contribution in [3.63, 3.8) is 0 Å². The number of alkyl halides is 3. The number of anilines is 1. The van der Waals surface area contributed by atoms with Crippen molar-refractivity contribution < 1.29 is 35.9 Å². The lowest BCUT2D eigenvalue weighted by atomic mass is 10.2. The van der Waals surface area contributed by atoms with Crippen LogP contribution in [-0.2, 0) is 21.0 Å². The number of carbonyl (C=O) groups is 1.